The Labute approximate surface area is 97.9 Å². The Morgan fingerprint density at radius 3 is 2.81 bits per heavy atom. The Morgan fingerprint density at radius 1 is 1.38 bits per heavy atom. The fraction of sp³-hybridized carbons (Fsp3) is 0.615. The molecule has 0 spiro atoms. The van der Waals surface area contributed by atoms with Crippen LogP contribution in [-0.2, 0) is 0 Å². The summed E-state index contributed by atoms with van der Waals surface area (Å²) in [5.74, 6) is 2.06. The molecule has 0 atom stereocenters. The highest BCUT2D eigenvalue weighted by atomic mass is 15.2. The molecule has 0 aliphatic heterocycles. The predicted octanol–water partition coefficient (Wildman–Crippen LogP) is 2.89. The van der Waals surface area contributed by atoms with Crippen LogP contribution in [0.2, 0.25) is 0 Å². The van der Waals surface area contributed by atoms with Gasteiger partial charge in [0.1, 0.15) is 11.6 Å². The third-order valence-electron chi connectivity index (χ3n) is 3.33. The van der Waals surface area contributed by atoms with Crippen LogP contribution >= 0.6 is 0 Å². The van der Waals surface area contributed by atoms with E-state index in [9.17, 15) is 0 Å². The first-order valence-electron chi connectivity index (χ1n) is 6.25. The molecule has 1 aromatic rings. The normalized spacial score (nSPS) is 16.4. The maximum Gasteiger partial charge on any atom is 0.130 e. The van der Waals surface area contributed by atoms with Crippen LogP contribution in [0, 0.1) is 0 Å². The minimum Gasteiger partial charge on any atom is -0.370 e. The lowest BCUT2D eigenvalue weighted by atomic mass is 10.2. The molecule has 0 amide bonds. The fourth-order valence-corrected chi connectivity index (χ4v) is 2.38. The quantitative estimate of drug-likeness (QED) is 0.844. The first-order chi connectivity index (χ1) is 7.81. The lowest BCUT2D eigenvalue weighted by Crippen LogP contribution is -2.29. The van der Waals surface area contributed by atoms with Crippen LogP contribution in [0.3, 0.4) is 0 Å². The molecule has 1 N–H and O–H groups in total. The number of hydrogen-bond donors (Lipinski definition) is 1. The highest BCUT2D eigenvalue weighted by Gasteiger charge is 2.20. The van der Waals surface area contributed by atoms with Gasteiger partial charge >= 0.3 is 0 Å². The van der Waals surface area contributed by atoms with E-state index in [1.165, 1.54) is 25.7 Å². The van der Waals surface area contributed by atoms with Crippen LogP contribution < -0.4 is 10.2 Å². The summed E-state index contributed by atoms with van der Waals surface area (Å²) in [7, 11) is 2.16. The van der Waals surface area contributed by atoms with E-state index in [0.29, 0.717) is 6.04 Å². The number of nitrogens with zero attached hydrogens (tertiary/aromatic N) is 2. The summed E-state index contributed by atoms with van der Waals surface area (Å²) in [5, 5.41) is 3.26. The van der Waals surface area contributed by atoms with E-state index >= 15 is 0 Å². The monoisotopic (exact) mass is 219 g/mol. The van der Waals surface area contributed by atoms with Crippen LogP contribution in [0.4, 0.5) is 11.6 Å². The van der Waals surface area contributed by atoms with Gasteiger partial charge < -0.3 is 10.2 Å². The third-order valence-corrected chi connectivity index (χ3v) is 3.33. The molecule has 2 rings (SSSR count). The molecular formula is C13H21N3. The third kappa shape index (κ3) is 2.46. The SMILES string of the molecule is CCNc1cccc(N(C)C2CCCC2)n1. The molecule has 0 aromatic carbocycles. The van der Waals surface area contributed by atoms with Gasteiger partial charge in [0.05, 0.1) is 0 Å². The predicted molar refractivity (Wildman–Crippen MR) is 69.1 cm³/mol. The molecule has 0 bridgehead atoms. The molecule has 1 fully saturated rings. The van der Waals surface area contributed by atoms with Crippen molar-refractivity contribution in [2.24, 2.45) is 0 Å². The van der Waals surface area contributed by atoms with Gasteiger partial charge in [-0.25, -0.2) is 4.98 Å². The molecule has 1 aromatic heterocycles. The van der Waals surface area contributed by atoms with Crippen LogP contribution in [0.5, 0.6) is 0 Å². The molecule has 3 heteroatoms. The van der Waals surface area contributed by atoms with E-state index in [-0.39, 0.29) is 0 Å². The van der Waals surface area contributed by atoms with Gasteiger partial charge in [0.2, 0.25) is 0 Å². The fourth-order valence-electron chi connectivity index (χ4n) is 2.38. The topological polar surface area (TPSA) is 28.2 Å². The van der Waals surface area contributed by atoms with E-state index in [0.717, 1.165) is 18.2 Å². The highest BCUT2D eigenvalue weighted by molar-refractivity contribution is 5.47. The van der Waals surface area contributed by atoms with Gasteiger partial charge in [-0.1, -0.05) is 18.9 Å². The van der Waals surface area contributed by atoms with Crippen LogP contribution in [-0.4, -0.2) is 24.6 Å². The Balaban J connectivity index is 2.09. The maximum absolute atomic E-state index is 4.62. The second-order valence-corrected chi connectivity index (χ2v) is 4.46. The van der Waals surface area contributed by atoms with Crippen molar-refractivity contribution < 1.29 is 0 Å². The number of nitrogens with one attached hydrogen (secondary N) is 1. The summed E-state index contributed by atoms with van der Waals surface area (Å²) < 4.78 is 0. The van der Waals surface area contributed by atoms with E-state index in [4.69, 9.17) is 0 Å². The van der Waals surface area contributed by atoms with Gasteiger partial charge in [-0.2, -0.15) is 0 Å². The smallest absolute Gasteiger partial charge is 0.130 e. The van der Waals surface area contributed by atoms with Crippen LogP contribution in [0.1, 0.15) is 32.6 Å². The van der Waals surface area contributed by atoms with Crippen molar-refractivity contribution in [2.45, 2.75) is 38.6 Å². The van der Waals surface area contributed by atoms with Gasteiger partial charge in [0.15, 0.2) is 0 Å². The molecule has 0 saturated heterocycles. The summed E-state index contributed by atoms with van der Waals surface area (Å²) in [5.41, 5.74) is 0. The maximum atomic E-state index is 4.62. The number of hydrogen-bond acceptors (Lipinski definition) is 3. The molecule has 16 heavy (non-hydrogen) atoms. The Hall–Kier alpha value is -1.25. The molecule has 1 aliphatic rings. The van der Waals surface area contributed by atoms with Crippen molar-refractivity contribution in [1.29, 1.82) is 0 Å². The molecule has 0 unspecified atom stereocenters. The molecule has 88 valence electrons. The average Bonchev–Trinajstić information content (AvgIpc) is 2.82. The lowest BCUT2D eigenvalue weighted by molar-refractivity contribution is 0.647. The second kappa shape index (κ2) is 5.19. The number of anilines is 2. The zero-order valence-corrected chi connectivity index (χ0v) is 10.2. The van der Waals surface area contributed by atoms with Gasteiger partial charge in [-0.3, -0.25) is 0 Å². The number of pyridine rings is 1. The van der Waals surface area contributed by atoms with Crippen LogP contribution in [0.15, 0.2) is 18.2 Å². The van der Waals surface area contributed by atoms with Crippen molar-refractivity contribution in [3.63, 3.8) is 0 Å². The molecule has 1 heterocycles. The highest BCUT2D eigenvalue weighted by Crippen LogP contribution is 2.26. The van der Waals surface area contributed by atoms with Crippen LogP contribution in [0.25, 0.3) is 0 Å². The summed E-state index contributed by atoms with van der Waals surface area (Å²) >= 11 is 0. The standard InChI is InChI=1S/C13H21N3/c1-3-14-12-9-6-10-13(15-12)16(2)11-7-4-5-8-11/h6,9-11H,3-5,7-8H2,1-2H3,(H,14,15). The number of rotatable bonds is 4. The molecule has 0 radical (unpaired) electrons. The van der Waals surface area contributed by atoms with Gasteiger partial charge in [0.25, 0.3) is 0 Å². The van der Waals surface area contributed by atoms with Crippen molar-refractivity contribution in [3.05, 3.63) is 18.2 Å². The van der Waals surface area contributed by atoms with E-state index in [1.807, 2.05) is 6.07 Å². The zero-order valence-electron chi connectivity index (χ0n) is 10.2. The Morgan fingerprint density at radius 2 is 2.12 bits per heavy atom. The molecule has 1 saturated carbocycles. The average molecular weight is 219 g/mol. The van der Waals surface area contributed by atoms with Crippen molar-refractivity contribution in [3.8, 4) is 0 Å². The van der Waals surface area contributed by atoms with Crippen molar-refractivity contribution in [1.82, 2.24) is 4.98 Å². The first-order valence-corrected chi connectivity index (χ1v) is 6.25. The van der Waals surface area contributed by atoms with E-state index in [2.05, 4.69) is 41.3 Å². The molecule has 1 aliphatic carbocycles. The van der Waals surface area contributed by atoms with E-state index < -0.39 is 0 Å². The molecular weight excluding hydrogens is 198 g/mol. The lowest BCUT2D eigenvalue weighted by Gasteiger charge is -2.25. The zero-order chi connectivity index (χ0) is 11.4. The molecule has 3 nitrogen and oxygen atoms in total. The summed E-state index contributed by atoms with van der Waals surface area (Å²) in [6, 6.07) is 6.88. The largest absolute Gasteiger partial charge is 0.370 e. The van der Waals surface area contributed by atoms with Gasteiger partial charge in [0, 0.05) is 19.6 Å². The van der Waals surface area contributed by atoms with Crippen molar-refractivity contribution >= 4 is 11.6 Å². The first kappa shape index (κ1) is 11.2. The Bertz CT molecular complexity index is 332. The number of aromatic nitrogens is 1. The van der Waals surface area contributed by atoms with Gasteiger partial charge in [-0.15, -0.1) is 0 Å². The Kier molecular flexibility index (Phi) is 3.65. The summed E-state index contributed by atoms with van der Waals surface area (Å²) in [6.45, 7) is 3.01. The summed E-state index contributed by atoms with van der Waals surface area (Å²) in [6.07, 6.45) is 5.34. The van der Waals surface area contributed by atoms with E-state index in [1.54, 1.807) is 0 Å². The minimum atomic E-state index is 0.685. The minimum absolute atomic E-state index is 0.685. The van der Waals surface area contributed by atoms with Gasteiger partial charge in [-0.05, 0) is 31.9 Å². The van der Waals surface area contributed by atoms with Crippen molar-refractivity contribution in [2.75, 3.05) is 23.8 Å². The second-order valence-electron chi connectivity index (χ2n) is 4.46. The summed E-state index contributed by atoms with van der Waals surface area (Å²) in [4.78, 5) is 6.95.